The van der Waals surface area contributed by atoms with Gasteiger partial charge in [-0.25, -0.2) is 4.79 Å². The molecular formula is C17H22N4O5. The number of amides is 1. The molecule has 2 aromatic rings. The van der Waals surface area contributed by atoms with Crippen molar-refractivity contribution in [1.82, 2.24) is 14.9 Å². The number of nitrogens with zero attached hydrogens (tertiary/aromatic N) is 3. The number of fused-ring (bicyclic) bond motifs is 1. The van der Waals surface area contributed by atoms with Crippen LogP contribution in [0.2, 0.25) is 0 Å². The topological polar surface area (TPSA) is 111 Å². The van der Waals surface area contributed by atoms with Gasteiger partial charge in [0.05, 0.1) is 22.6 Å². The molecule has 0 saturated carbocycles. The summed E-state index contributed by atoms with van der Waals surface area (Å²) in [4.78, 5) is 31.3. The number of nitrogens with one attached hydrogen (secondary N) is 1. The Bertz CT molecular complexity index is 826. The molecule has 1 aliphatic heterocycles. The van der Waals surface area contributed by atoms with Crippen molar-refractivity contribution in [3.05, 3.63) is 28.3 Å². The van der Waals surface area contributed by atoms with Gasteiger partial charge in [-0.3, -0.25) is 10.1 Å². The highest BCUT2D eigenvalue weighted by atomic mass is 16.6. The van der Waals surface area contributed by atoms with Crippen LogP contribution < -0.4 is 4.74 Å². The number of H-pyrrole nitrogens is 1. The van der Waals surface area contributed by atoms with Crippen molar-refractivity contribution in [1.29, 1.82) is 0 Å². The lowest BCUT2D eigenvalue weighted by Gasteiger charge is -2.24. The molecule has 26 heavy (non-hydrogen) atoms. The van der Waals surface area contributed by atoms with Gasteiger partial charge < -0.3 is 19.4 Å². The smallest absolute Gasteiger partial charge is 0.410 e. The third kappa shape index (κ3) is 4.22. The zero-order valence-electron chi connectivity index (χ0n) is 15.0. The van der Waals surface area contributed by atoms with E-state index in [0.717, 1.165) is 6.42 Å². The molecule has 1 aliphatic rings. The second kappa shape index (κ2) is 6.81. The third-order valence-electron chi connectivity index (χ3n) is 4.05. The maximum Gasteiger partial charge on any atom is 0.410 e. The minimum atomic E-state index is -0.511. The summed E-state index contributed by atoms with van der Waals surface area (Å²) in [5, 5.41) is 10.8. The Morgan fingerprint density at radius 2 is 2.23 bits per heavy atom. The molecule has 1 N–H and O–H groups in total. The summed E-state index contributed by atoms with van der Waals surface area (Å²) in [5.41, 5.74) is 0.641. The van der Waals surface area contributed by atoms with Crippen molar-refractivity contribution in [2.75, 3.05) is 19.7 Å². The number of aromatic amines is 1. The fourth-order valence-corrected chi connectivity index (χ4v) is 2.81. The van der Waals surface area contributed by atoms with Gasteiger partial charge in [0.25, 0.3) is 11.7 Å². The zero-order chi connectivity index (χ0) is 18.9. The molecule has 1 aromatic heterocycles. The molecule has 0 bridgehead atoms. The average molecular weight is 362 g/mol. The normalized spacial score (nSPS) is 17.5. The van der Waals surface area contributed by atoms with E-state index in [2.05, 4.69) is 9.97 Å². The van der Waals surface area contributed by atoms with E-state index in [1.807, 2.05) is 20.8 Å². The van der Waals surface area contributed by atoms with Gasteiger partial charge in [-0.2, -0.15) is 4.98 Å². The predicted octanol–water partition coefficient (Wildman–Crippen LogP) is 3.11. The second-order valence-electron chi connectivity index (χ2n) is 7.39. The Hall–Kier alpha value is -2.84. The number of likely N-dealkylation sites (tertiary alicyclic amines) is 1. The first kappa shape index (κ1) is 18.0. The maximum absolute atomic E-state index is 12.1. The van der Waals surface area contributed by atoms with Gasteiger partial charge in [0, 0.05) is 31.1 Å². The molecule has 9 heteroatoms. The number of hydrogen-bond donors (Lipinski definition) is 1. The van der Waals surface area contributed by atoms with Gasteiger partial charge in [0.1, 0.15) is 5.60 Å². The first-order valence-electron chi connectivity index (χ1n) is 8.46. The summed E-state index contributed by atoms with van der Waals surface area (Å²) < 4.78 is 11.1. The molecule has 9 nitrogen and oxygen atoms in total. The second-order valence-corrected chi connectivity index (χ2v) is 7.39. The molecule has 1 amide bonds. The molecule has 0 aliphatic carbocycles. The Balaban J connectivity index is 1.56. The van der Waals surface area contributed by atoms with Crippen LogP contribution in [-0.2, 0) is 4.74 Å². The van der Waals surface area contributed by atoms with E-state index in [1.165, 1.54) is 12.1 Å². The number of rotatable bonds is 4. The molecular weight excluding hydrogens is 340 g/mol. The summed E-state index contributed by atoms with van der Waals surface area (Å²) in [5.74, 6) is 0.185. The minimum Gasteiger partial charge on any atom is -0.464 e. The van der Waals surface area contributed by atoms with Crippen LogP contribution in [0.3, 0.4) is 0 Å². The van der Waals surface area contributed by atoms with Gasteiger partial charge in [-0.1, -0.05) is 0 Å². The van der Waals surface area contributed by atoms with Gasteiger partial charge in [-0.05, 0) is 33.3 Å². The Morgan fingerprint density at radius 1 is 1.46 bits per heavy atom. The monoisotopic (exact) mass is 362 g/mol. The van der Waals surface area contributed by atoms with Crippen molar-refractivity contribution in [3.8, 4) is 6.01 Å². The van der Waals surface area contributed by atoms with Gasteiger partial charge in [0.15, 0.2) is 0 Å². The molecule has 1 unspecified atom stereocenters. The molecule has 3 rings (SSSR count). The molecule has 0 radical (unpaired) electrons. The number of carbonyl (C=O) groups is 1. The highest BCUT2D eigenvalue weighted by Gasteiger charge is 2.30. The fourth-order valence-electron chi connectivity index (χ4n) is 2.81. The van der Waals surface area contributed by atoms with Crippen molar-refractivity contribution in [2.45, 2.75) is 32.8 Å². The number of nitro groups is 1. The number of imidazole rings is 1. The molecule has 1 atom stereocenters. The number of aromatic nitrogens is 2. The number of benzene rings is 1. The standard InChI is InChI=1S/C17H22N4O5/c1-17(2,3)26-16(22)20-7-6-11(9-20)10-25-15-18-13-5-4-12(21(23)24)8-14(13)19-15/h4-5,8,11H,6-7,9-10H2,1-3H3,(H,18,19). The molecule has 1 aromatic carbocycles. The summed E-state index contributed by atoms with van der Waals surface area (Å²) in [6.45, 7) is 7.13. The summed E-state index contributed by atoms with van der Waals surface area (Å²) in [6, 6.07) is 4.73. The summed E-state index contributed by atoms with van der Waals surface area (Å²) in [7, 11) is 0. The largest absolute Gasteiger partial charge is 0.464 e. The SMILES string of the molecule is CC(C)(C)OC(=O)N1CCC(COc2nc3ccc([N+](=O)[O-])cc3[nH]2)C1. The first-order chi connectivity index (χ1) is 12.2. The van der Waals surface area contributed by atoms with Crippen LogP contribution in [0.25, 0.3) is 11.0 Å². The average Bonchev–Trinajstić information content (AvgIpc) is 3.17. The van der Waals surface area contributed by atoms with Crippen LogP contribution >= 0.6 is 0 Å². The summed E-state index contributed by atoms with van der Waals surface area (Å²) in [6.07, 6.45) is 0.515. The van der Waals surface area contributed by atoms with Crippen molar-refractivity contribution < 1.29 is 19.2 Å². The van der Waals surface area contributed by atoms with E-state index >= 15 is 0 Å². The highest BCUT2D eigenvalue weighted by Crippen LogP contribution is 2.23. The molecule has 1 saturated heterocycles. The van der Waals surface area contributed by atoms with Crippen LogP contribution in [0.4, 0.5) is 10.5 Å². The lowest BCUT2D eigenvalue weighted by Crippen LogP contribution is -2.35. The first-order valence-corrected chi connectivity index (χ1v) is 8.46. The Morgan fingerprint density at radius 3 is 2.92 bits per heavy atom. The quantitative estimate of drug-likeness (QED) is 0.661. The lowest BCUT2D eigenvalue weighted by molar-refractivity contribution is -0.384. The van der Waals surface area contributed by atoms with E-state index < -0.39 is 10.5 Å². The lowest BCUT2D eigenvalue weighted by atomic mass is 10.1. The Labute approximate surface area is 150 Å². The van der Waals surface area contributed by atoms with Gasteiger partial charge >= 0.3 is 6.09 Å². The number of ether oxygens (including phenoxy) is 2. The van der Waals surface area contributed by atoms with Crippen molar-refractivity contribution in [2.24, 2.45) is 5.92 Å². The van der Waals surface area contributed by atoms with E-state index in [9.17, 15) is 14.9 Å². The van der Waals surface area contributed by atoms with Crippen LogP contribution in [0.15, 0.2) is 18.2 Å². The molecule has 0 spiro atoms. The Kier molecular flexibility index (Phi) is 4.71. The number of nitro benzene ring substituents is 1. The predicted molar refractivity (Wildman–Crippen MR) is 94.2 cm³/mol. The molecule has 140 valence electrons. The van der Waals surface area contributed by atoms with Crippen LogP contribution in [0.5, 0.6) is 6.01 Å². The number of hydrogen-bond acceptors (Lipinski definition) is 6. The number of non-ortho nitro benzene ring substituents is 1. The van der Waals surface area contributed by atoms with Crippen LogP contribution in [0, 0.1) is 16.0 Å². The third-order valence-corrected chi connectivity index (χ3v) is 4.05. The minimum absolute atomic E-state index is 0.00324. The van der Waals surface area contributed by atoms with Gasteiger partial charge in [-0.15, -0.1) is 0 Å². The van der Waals surface area contributed by atoms with Crippen LogP contribution in [0.1, 0.15) is 27.2 Å². The van der Waals surface area contributed by atoms with Crippen molar-refractivity contribution >= 4 is 22.8 Å². The van der Waals surface area contributed by atoms with E-state index in [0.29, 0.717) is 36.7 Å². The molecule has 1 fully saturated rings. The van der Waals surface area contributed by atoms with E-state index in [1.54, 1.807) is 11.0 Å². The van der Waals surface area contributed by atoms with Gasteiger partial charge in [0.2, 0.25) is 0 Å². The molecule has 2 heterocycles. The number of carbonyl (C=O) groups excluding carboxylic acids is 1. The fraction of sp³-hybridized carbons (Fsp3) is 0.529. The highest BCUT2D eigenvalue weighted by molar-refractivity contribution is 5.78. The maximum atomic E-state index is 12.1. The van der Waals surface area contributed by atoms with Crippen molar-refractivity contribution in [3.63, 3.8) is 0 Å². The summed E-state index contributed by atoms with van der Waals surface area (Å²) >= 11 is 0. The zero-order valence-corrected chi connectivity index (χ0v) is 15.0. The van der Waals surface area contributed by atoms with E-state index in [-0.39, 0.29) is 17.7 Å². The van der Waals surface area contributed by atoms with Crippen LogP contribution in [-0.4, -0.2) is 51.2 Å². The van der Waals surface area contributed by atoms with E-state index in [4.69, 9.17) is 9.47 Å².